The van der Waals surface area contributed by atoms with E-state index in [0.717, 1.165) is 56.6 Å². The fourth-order valence-corrected chi connectivity index (χ4v) is 11.5. The predicted octanol–water partition coefficient (Wildman–Crippen LogP) is 6.88. The van der Waals surface area contributed by atoms with Crippen molar-refractivity contribution in [3.63, 3.8) is 0 Å². The number of phenolic OH excluding ortho intramolecular Hbond substituents is 1. The standard InChI is InChI=1S/C47H47F4N5O5/c48-33-6-3-7-34(49)42(33)32-24-61-38-23-28(57)8-9-31(38)41(32)27-21-35(50)43(36(51)22-27)54-18-12-26(13-19-54)20-39-47(14-16-52-17-15-47)25-55(39)45-29-4-1-2-5-30(29)46(60)56(45)37-10-11-40(58)53-44(37)59/h1-9,21-23,26,32,37,39,41,45,52,57H,10-20,24-25H2,(H,53,58,59)/t32-,37?,39?,41+,45?/m1/s1. The van der Waals surface area contributed by atoms with Crippen molar-refractivity contribution in [3.05, 3.63) is 124 Å². The van der Waals surface area contributed by atoms with Gasteiger partial charge in [0.1, 0.15) is 52.7 Å². The zero-order valence-corrected chi connectivity index (χ0v) is 33.5. The molecule has 4 aromatic rings. The highest BCUT2D eigenvalue weighted by atomic mass is 19.1. The van der Waals surface area contributed by atoms with E-state index in [2.05, 4.69) is 15.5 Å². The molecule has 0 aromatic heterocycles. The number of benzene rings is 4. The lowest BCUT2D eigenvalue weighted by molar-refractivity contribution is -0.163. The number of imide groups is 1. The van der Waals surface area contributed by atoms with Gasteiger partial charge in [0, 0.05) is 77.7 Å². The molecule has 14 heteroatoms. The van der Waals surface area contributed by atoms with Crippen LogP contribution in [0.15, 0.2) is 72.8 Å². The first kappa shape index (κ1) is 39.7. The first-order valence-electron chi connectivity index (χ1n) is 21.4. The summed E-state index contributed by atoms with van der Waals surface area (Å²) < 4.78 is 69.1. The molecule has 0 saturated carbocycles. The average Bonchev–Trinajstić information content (AvgIpc) is 3.53. The molecule has 318 valence electrons. The van der Waals surface area contributed by atoms with Crippen molar-refractivity contribution in [2.75, 3.05) is 44.2 Å². The molecule has 1 spiro atoms. The molecular weight excluding hydrogens is 791 g/mol. The Balaban J connectivity index is 0.901. The molecule has 3 amide bonds. The average molecular weight is 838 g/mol. The van der Waals surface area contributed by atoms with Crippen molar-refractivity contribution in [1.29, 1.82) is 0 Å². The lowest BCUT2D eigenvalue weighted by atomic mass is 9.62. The topological polar surface area (TPSA) is 114 Å². The van der Waals surface area contributed by atoms with Gasteiger partial charge in [-0.2, -0.15) is 0 Å². The molecule has 6 aliphatic rings. The van der Waals surface area contributed by atoms with Crippen LogP contribution in [0.1, 0.15) is 95.6 Å². The summed E-state index contributed by atoms with van der Waals surface area (Å²) in [7, 11) is 0. The van der Waals surface area contributed by atoms with Crippen LogP contribution >= 0.6 is 0 Å². The Kier molecular flexibility index (Phi) is 10.1. The second-order valence-electron chi connectivity index (χ2n) is 17.7. The van der Waals surface area contributed by atoms with Gasteiger partial charge in [-0.25, -0.2) is 17.6 Å². The molecule has 3 N–H and O–H groups in total. The fraction of sp³-hybridized carbons (Fsp3) is 0.426. The van der Waals surface area contributed by atoms with Crippen LogP contribution in [-0.2, 0) is 9.59 Å². The molecule has 0 radical (unpaired) electrons. The van der Waals surface area contributed by atoms with Crippen LogP contribution in [0.4, 0.5) is 23.2 Å². The van der Waals surface area contributed by atoms with E-state index in [1.807, 2.05) is 24.3 Å². The number of phenols is 1. The maximum atomic E-state index is 16.4. The summed E-state index contributed by atoms with van der Waals surface area (Å²) in [4.78, 5) is 45.3. The van der Waals surface area contributed by atoms with Gasteiger partial charge in [-0.15, -0.1) is 0 Å². The van der Waals surface area contributed by atoms with Crippen LogP contribution in [-0.4, -0.2) is 84.0 Å². The number of nitrogens with zero attached hydrogens (tertiary/aromatic N) is 3. The Hall–Kier alpha value is -5.47. The van der Waals surface area contributed by atoms with Crippen LogP contribution in [0.5, 0.6) is 11.5 Å². The van der Waals surface area contributed by atoms with Crippen molar-refractivity contribution in [3.8, 4) is 11.5 Å². The van der Waals surface area contributed by atoms with Gasteiger partial charge in [0.25, 0.3) is 5.91 Å². The summed E-state index contributed by atoms with van der Waals surface area (Å²) in [6.45, 7) is 3.18. The van der Waals surface area contributed by atoms with Gasteiger partial charge in [-0.1, -0.05) is 30.3 Å². The van der Waals surface area contributed by atoms with Crippen LogP contribution < -0.4 is 20.3 Å². The third-order valence-corrected chi connectivity index (χ3v) is 14.4. The maximum Gasteiger partial charge on any atom is 0.256 e. The van der Waals surface area contributed by atoms with Crippen LogP contribution in [0.25, 0.3) is 0 Å². The molecule has 10 rings (SSSR count). The number of halogens is 4. The first-order chi connectivity index (χ1) is 29.5. The zero-order chi connectivity index (χ0) is 42.2. The summed E-state index contributed by atoms with van der Waals surface area (Å²) in [5.41, 5.74) is 1.72. The molecule has 0 aliphatic carbocycles. The number of likely N-dealkylation sites (tertiary alicyclic amines) is 1. The number of anilines is 1. The summed E-state index contributed by atoms with van der Waals surface area (Å²) in [5.74, 6) is -5.51. The highest BCUT2D eigenvalue weighted by Gasteiger charge is 2.59. The van der Waals surface area contributed by atoms with E-state index in [1.165, 1.54) is 30.3 Å². The number of nitrogens with one attached hydrogen (secondary N) is 2. The quantitative estimate of drug-likeness (QED) is 0.137. The van der Waals surface area contributed by atoms with Gasteiger partial charge >= 0.3 is 0 Å². The minimum absolute atomic E-state index is 0.0123. The van der Waals surface area contributed by atoms with Crippen molar-refractivity contribution < 1.29 is 41.8 Å². The number of carbonyl (C=O) groups is 3. The molecule has 6 aliphatic heterocycles. The number of amides is 3. The Labute approximate surface area is 350 Å². The van der Waals surface area contributed by atoms with Crippen LogP contribution in [0, 0.1) is 34.6 Å². The van der Waals surface area contributed by atoms with Gasteiger partial charge in [0.05, 0.1) is 6.61 Å². The second kappa shape index (κ2) is 15.5. The van der Waals surface area contributed by atoms with Crippen molar-refractivity contribution >= 4 is 23.4 Å². The third kappa shape index (κ3) is 6.73. The van der Waals surface area contributed by atoms with E-state index < -0.39 is 53.2 Å². The fourth-order valence-electron chi connectivity index (χ4n) is 11.5. The van der Waals surface area contributed by atoms with Gasteiger partial charge in [0.15, 0.2) is 0 Å². The summed E-state index contributed by atoms with van der Waals surface area (Å²) in [6.07, 6.45) is 4.10. The normalized spacial score (nSPS) is 26.4. The van der Waals surface area contributed by atoms with Crippen LogP contribution in [0.2, 0.25) is 0 Å². The lowest BCUT2D eigenvalue weighted by Crippen LogP contribution is -2.70. The molecule has 0 bridgehead atoms. The number of ether oxygens (including phenoxy) is 1. The minimum Gasteiger partial charge on any atom is -0.508 e. The molecule has 4 aromatic carbocycles. The van der Waals surface area contributed by atoms with Crippen molar-refractivity contribution in [2.45, 2.75) is 75.0 Å². The van der Waals surface area contributed by atoms with E-state index in [4.69, 9.17) is 4.74 Å². The zero-order valence-electron chi connectivity index (χ0n) is 33.5. The number of carbonyl (C=O) groups excluding carboxylic acids is 3. The largest absolute Gasteiger partial charge is 0.508 e. The predicted molar refractivity (Wildman–Crippen MR) is 217 cm³/mol. The number of piperidine rings is 3. The number of hydrogen-bond acceptors (Lipinski definition) is 8. The smallest absolute Gasteiger partial charge is 0.256 e. The van der Waals surface area contributed by atoms with Crippen molar-refractivity contribution in [1.82, 2.24) is 20.4 Å². The molecule has 61 heavy (non-hydrogen) atoms. The van der Waals surface area contributed by atoms with Gasteiger partial charge in [-0.3, -0.25) is 24.6 Å². The summed E-state index contributed by atoms with van der Waals surface area (Å²) in [6, 6.07) is 17.3. The molecular formula is C47H47F4N5O5. The molecule has 6 heterocycles. The monoisotopic (exact) mass is 837 g/mol. The number of aromatic hydroxyl groups is 1. The van der Waals surface area contributed by atoms with Crippen LogP contribution in [0.3, 0.4) is 0 Å². The molecule has 3 unspecified atom stereocenters. The number of fused-ring (bicyclic) bond motifs is 2. The van der Waals surface area contributed by atoms with Gasteiger partial charge < -0.3 is 25.0 Å². The maximum absolute atomic E-state index is 16.4. The summed E-state index contributed by atoms with van der Waals surface area (Å²) >= 11 is 0. The Morgan fingerprint density at radius 1 is 0.820 bits per heavy atom. The first-order valence-corrected chi connectivity index (χ1v) is 21.4. The van der Waals surface area contributed by atoms with E-state index in [9.17, 15) is 19.5 Å². The Morgan fingerprint density at radius 3 is 2.26 bits per heavy atom. The molecule has 5 atom stereocenters. The lowest BCUT2D eigenvalue weighted by Gasteiger charge is -2.63. The van der Waals surface area contributed by atoms with E-state index in [1.54, 1.807) is 15.9 Å². The third-order valence-electron chi connectivity index (χ3n) is 14.4. The van der Waals surface area contributed by atoms with Crippen molar-refractivity contribution in [2.24, 2.45) is 11.3 Å². The second-order valence-corrected chi connectivity index (χ2v) is 17.7. The molecule has 4 saturated heterocycles. The number of hydrogen-bond donors (Lipinski definition) is 3. The Morgan fingerprint density at radius 2 is 1.54 bits per heavy atom. The summed E-state index contributed by atoms with van der Waals surface area (Å²) in [5, 5.41) is 16.1. The van der Waals surface area contributed by atoms with E-state index in [-0.39, 0.29) is 77.0 Å². The highest BCUT2D eigenvalue weighted by Crippen LogP contribution is 2.55. The molecule has 4 fully saturated rings. The van der Waals surface area contributed by atoms with Gasteiger partial charge in [0.2, 0.25) is 11.8 Å². The highest BCUT2D eigenvalue weighted by molar-refractivity contribution is 6.05. The molecule has 10 nitrogen and oxygen atoms in total. The SMILES string of the molecule is O=C1CCC(N2C(=O)c3ccccc3C2N2CC3(CCNCC3)C2CC2CCN(c3c(F)cc([C@H]4c5ccc(O)cc5OC[C@H]4c4c(F)cccc4F)cc3F)CC2)C(=O)N1. The van der Waals surface area contributed by atoms with E-state index in [0.29, 0.717) is 37.1 Å². The minimum atomic E-state index is -0.945. The van der Waals surface area contributed by atoms with Gasteiger partial charge in [-0.05, 0) is 99.5 Å². The number of rotatable bonds is 7. The Bertz CT molecular complexity index is 2380. The van der Waals surface area contributed by atoms with E-state index >= 15 is 17.6 Å².